The molecule has 0 bridgehead atoms. The van der Waals surface area contributed by atoms with E-state index in [2.05, 4.69) is 10.5 Å². The van der Waals surface area contributed by atoms with Crippen LogP contribution in [0.25, 0.3) is 11.0 Å². The molecule has 0 saturated carbocycles. The van der Waals surface area contributed by atoms with Gasteiger partial charge in [0.15, 0.2) is 5.58 Å². The van der Waals surface area contributed by atoms with Gasteiger partial charge in [0.25, 0.3) is 0 Å². The van der Waals surface area contributed by atoms with Crippen molar-refractivity contribution in [2.45, 2.75) is 26.7 Å². The van der Waals surface area contributed by atoms with Crippen molar-refractivity contribution in [3.8, 4) is 0 Å². The van der Waals surface area contributed by atoms with Gasteiger partial charge in [-0.25, -0.2) is 0 Å². The molecule has 2 rings (SSSR count). The fourth-order valence-corrected chi connectivity index (χ4v) is 2.03. The fourth-order valence-electron chi connectivity index (χ4n) is 2.03. The molecular formula is C15H20N2O3. The van der Waals surface area contributed by atoms with Gasteiger partial charge in [-0.15, -0.1) is 0 Å². The van der Waals surface area contributed by atoms with Gasteiger partial charge in [-0.1, -0.05) is 5.16 Å². The van der Waals surface area contributed by atoms with Crippen LogP contribution in [0.4, 0.5) is 0 Å². The van der Waals surface area contributed by atoms with E-state index in [1.165, 1.54) is 5.56 Å². The van der Waals surface area contributed by atoms with Crippen molar-refractivity contribution < 1.29 is 14.1 Å². The van der Waals surface area contributed by atoms with Crippen molar-refractivity contribution in [2.75, 3.05) is 20.3 Å². The molecule has 108 valence electrons. The van der Waals surface area contributed by atoms with E-state index in [1.54, 1.807) is 7.11 Å². The van der Waals surface area contributed by atoms with Gasteiger partial charge in [-0.3, -0.25) is 4.79 Å². The number of aromatic nitrogens is 1. The zero-order valence-corrected chi connectivity index (χ0v) is 12.2. The van der Waals surface area contributed by atoms with Crippen LogP contribution in [0.2, 0.25) is 0 Å². The van der Waals surface area contributed by atoms with Crippen LogP contribution in [0.15, 0.2) is 16.7 Å². The van der Waals surface area contributed by atoms with Gasteiger partial charge in [-0.2, -0.15) is 0 Å². The van der Waals surface area contributed by atoms with E-state index in [4.69, 9.17) is 9.26 Å². The Morgan fingerprint density at radius 3 is 2.85 bits per heavy atom. The largest absolute Gasteiger partial charge is 0.385 e. The second kappa shape index (κ2) is 6.52. The average Bonchev–Trinajstić information content (AvgIpc) is 2.78. The summed E-state index contributed by atoms with van der Waals surface area (Å²) in [7, 11) is 1.65. The zero-order chi connectivity index (χ0) is 14.5. The molecule has 0 radical (unpaired) electrons. The maximum Gasteiger partial charge on any atom is 0.226 e. The standard InChI is InChI=1S/C15H20N2O3/c1-10-7-12-13(17-20-14(12)8-11(10)2)9-15(18)16-5-4-6-19-3/h7-8H,4-6,9H2,1-3H3,(H,16,18). The van der Waals surface area contributed by atoms with Crippen LogP contribution in [0.5, 0.6) is 0 Å². The molecule has 20 heavy (non-hydrogen) atoms. The molecule has 5 heteroatoms. The summed E-state index contributed by atoms with van der Waals surface area (Å²) >= 11 is 0. The first kappa shape index (κ1) is 14.5. The predicted octanol–water partition coefficient (Wildman–Crippen LogP) is 2.14. The molecule has 0 saturated heterocycles. The van der Waals surface area contributed by atoms with Crippen LogP contribution in [-0.4, -0.2) is 31.3 Å². The Morgan fingerprint density at radius 1 is 1.35 bits per heavy atom. The van der Waals surface area contributed by atoms with Crippen molar-refractivity contribution in [2.24, 2.45) is 0 Å². The number of nitrogens with one attached hydrogen (secondary N) is 1. The van der Waals surface area contributed by atoms with Crippen LogP contribution in [-0.2, 0) is 16.0 Å². The Kier molecular flexibility index (Phi) is 4.74. The second-order valence-electron chi connectivity index (χ2n) is 4.93. The number of ether oxygens (including phenoxy) is 1. The van der Waals surface area contributed by atoms with Crippen molar-refractivity contribution in [1.82, 2.24) is 10.5 Å². The molecule has 0 unspecified atom stereocenters. The molecule has 5 nitrogen and oxygen atoms in total. The number of fused-ring (bicyclic) bond motifs is 1. The molecule has 1 aromatic carbocycles. The van der Waals surface area contributed by atoms with Crippen molar-refractivity contribution in [1.29, 1.82) is 0 Å². The quantitative estimate of drug-likeness (QED) is 0.821. The van der Waals surface area contributed by atoms with E-state index in [0.29, 0.717) is 18.8 Å². The second-order valence-corrected chi connectivity index (χ2v) is 4.93. The molecule has 2 aromatic rings. The number of methoxy groups -OCH3 is 1. The van der Waals surface area contributed by atoms with Gasteiger partial charge in [0.05, 0.1) is 6.42 Å². The first-order valence-electron chi connectivity index (χ1n) is 6.73. The van der Waals surface area contributed by atoms with E-state index >= 15 is 0 Å². The van der Waals surface area contributed by atoms with Crippen LogP contribution in [0.3, 0.4) is 0 Å². The zero-order valence-electron chi connectivity index (χ0n) is 12.2. The summed E-state index contributed by atoms with van der Waals surface area (Å²) in [5, 5.41) is 7.76. The lowest BCUT2D eigenvalue weighted by Gasteiger charge is -2.03. The van der Waals surface area contributed by atoms with Crippen molar-refractivity contribution in [3.05, 3.63) is 29.0 Å². The number of aryl methyl sites for hydroxylation is 2. The Morgan fingerprint density at radius 2 is 2.10 bits per heavy atom. The Labute approximate surface area is 118 Å². The molecule has 0 aliphatic carbocycles. The first-order chi connectivity index (χ1) is 9.61. The number of carbonyl (C=O) groups is 1. The number of nitrogens with zero attached hydrogens (tertiary/aromatic N) is 1. The lowest BCUT2D eigenvalue weighted by molar-refractivity contribution is -0.120. The fraction of sp³-hybridized carbons (Fsp3) is 0.467. The molecule has 0 fully saturated rings. The Hall–Kier alpha value is -1.88. The lowest BCUT2D eigenvalue weighted by Crippen LogP contribution is -2.26. The topological polar surface area (TPSA) is 64.4 Å². The van der Waals surface area contributed by atoms with Gasteiger partial charge in [0.1, 0.15) is 5.69 Å². The van der Waals surface area contributed by atoms with Crippen LogP contribution in [0.1, 0.15) is 23.2 Å². The normalized spacial score (nSPS) is 10.9. The summed E-state index contributed by atoms with van der Waals surface area (Å²) in [6.45, 7) is 5.32. The molecule has 0 spiro atoms. The smallest absolute Gasteiger partial charge is 0.226 e. The Balaban J connectivity index is 2.02. The van der Waals surface area contributed by atoms with Gasteiger partial charge in [-0.05, 0) is 43.5 Å². The monoisotopic (exact) mass is 276 g/mol. The molecule has 0 atom stereocenters. The summed E-state index contributed by atoms with van der Waals surface area (Å²) < 4.78 is 10.2. The summed E-state index contributed by atoms with van der Waals surface area (Å²) in [6.07, 6.45) is 1.04. The molecule has 1 aromatic heterocycles. The summed E-state index contributed by atoms with van der Waals surface area (Å²) in [6, 6.07) is 3.98. The highest BCUT2D eigenvalue weighted by atomic mass is 16.5. The number of hydrogen-bond donors (Lipinski definition) is 1. The van der Waals surface area contributed by atoms with Gasteiger partial charge >= 0.3 is 0 Å². The third-order valence-electron chi connectivity index (χ3n) is 3.34. The first-order valence-corrected chi connectivity index (χ1v) is 6.73. The molecule has 1 heterocycles. The highest BCUT2D eigenvalue weighted by Crippen LogP contribution is 2.22. The number of hydrogen-bond acceptors (Lipinski definition) is 4. The summed E-state index contributed by atoms with van der Waals surface area (Å²) in [4.78, 5) is 11.8. The van der Waals surface area contributed by atoms with Gasteiger partial charge < -0.3 is 14.6 Å². The average molecular weight is 276 g/mol. The third kappa shape index (κ3) is 3.36. The van der Waals surface area contributed by atoms with Crippen LogP contribution in [0, 0.1) is 13.8 Å². The SMILES string of the molecule is COCCCNC(=O)Cc1noc2cc(C)c(C)cc12. The molecule has 1 N–H and O–H groups in total. The lowest BCUT2D eigenvalue weighted by atomic mass is 10.1. The van der Waals surface area contributed by atoms with E-state index in [1.807, 2.05) is 26.0 Å². The minimum Gasteiger partial charge on any atom is -0.385 e. The van der Waals surface area contributed by atoms with E-state index in [0.717, 1.165) is 23.0 Å². The Bertz CT molecular complexity index is 604. The van der Waals surface area contributed by atoms with Crippen LogP contribution < -0.4 is 5.32 Å². The molecule has 1 amide bonds. The number of amides is 1. The van der Waals surface area contributed by atoms with Crippen molar-refractivity contribution in [3.63, 3.8) is 0 Å². The minimum atomic E-state index is -0.0467. The third-order valence-corrected chi connectivity index (χ3v) is 3.34. The van der Waals surface area contributed by atoms with Gasteiger partial charge in [0, 0.05) is 25.6 Å². The molecule has 0 aliphatic rings. The molecule has 0 aliphatic heterocycles. The van der Waals surface area contributed by atoms with E-state index in [9.17, 15) is 4.79 Å². The molecular weight excluding hydrogens is 256 g/mol. The highest BCUT2D eigenvalue weighted by Gasteiger charge is 2.13. The van der Waals surface area contributed by atoms with Gasteiger partial charge in [0.2, 0.25) is 5.91 Å². The number of rotatable bonds is 6. The van der Waals surface area contributed by atoms with Crippen LogP contribution >= 0.6 is 0 Å². The minimum absolute atomic E-state index is 0.0467. The van der Waals surface area contributed by atoms with Crippen molar-refractivity contribution >= 4 is 16.9 Å². The number of carbonyl (C=O) groups excluding carboxylic acids is 1. The maximum absolute atomic E-state index is 11.8. The van der Waals surface area contributed by atoms with E-state index < -0.39 is 0 Å². The summed E-state index contributed by atoms with van der Waals surface area (Å²) in [5.41, 5.74) is 3.74. The predicted molar refractivity (Wildman–Crippen MR) is 76.7 cm³/mol. The highest BCUT2D eigenvalue weighted by molar-refractivity contribution is 5.87. The maximum atomic E-state index is 11.8. The summed E-state index contributed by atoms with van der Waals surface area (Å²) in [5.74, 6) is -0.0467. The number of benzene rings is 1. The van der Waals surface area contributed by atoms with E-state index in [-0.39, 0.29) is 12.3 Å².